The molecule has 1 aliphatic carbocycles. The molecule has 0 spiro atoms. The number of hydrogen-bond acceptors (Lipinski definition) is 2. The van der Waals surface area contributed by atoms with Crippen molar-refractivity contribution in [1.82, 2.24) is 0 Å². The van der Waals surface area contributed by atoms with Crippen molar-refractivity contribution in [1.29, 1.82) is 0 Å². The molecule has 22 heavy (non-hydrogen) atoms. The van der Waals surface area contributed by atoms with Crippen LogP contribution in [0, 0.1) is 5.41 Å². The molecule has 0 aromatic carbocycles. The van der Waals surface area contributed by atoms with Gasteiger partial charge in [-0.25, -0.2) is 0 Å². The normalized spacial score (nSPS) is 21.6. The molecule has 0 saturated heterocycles. The van der Waals surface area contributed by atoms with Crippen molar-refractivity contribution in [2.75, 3.05) is 6.61 Å². The van der Waals surface area contributed by atoms with Crippen molar-refractivity contribution < 1.29 is 10.2 Å². The lowest BCUT2D eigenvalue weighted by atomic mass is 9.71. The number of hydrogen-bond donors (Lipinski definition) is 2. The zero-order valence-corrected chi connectivity index (χ0v) is 14.8. The molecule has 1 unspecified atom stereocenters. The molecular weight excluding hydrogens is 272 g/mol. The quantitative estimate of drug-likeness (QED) is 0.551. The fourth-order valence-electron chi connectivity index (χ4n) is 3.12. The summed E-state index contributed by atoms with van der Waals surface area (Å²) >= 11 is 0. The zero-order chi connectivity index (χ0) is 16.8. The smallest absolute Gasteiger partial charge is 0.0932 e. The van der Waals surface area contributed by atoms with Gasteiger partial charge in [-0.05, 0) is 57.4 Å². The zero-order valence-electron chi connectivity index (χ0n) is 14.8. The number of aliphatic hydroxyl groups excluding tert-OH is 2. The van der Waals surface area contributed by atoms with Crippen LogP contribution in [0.1, 0.15) is 60.3 Å². The van der Waals surface area contributed by atoms with Gasteiger partial charge in [0, 0.05) is 0 Å². The third kappa shape index (κ3) is 5.58. The van der Waals surface area contributed by atoms with Gasteiger partial charge < -0.3 is 10.2 Å². The lowest BCUT2D eigenvalue weighted by molar-refractivity contribution is 0.258. The number of aliphatic hydroxyl groups is 2. The summed E-state index contributed by atoms with van der Waals surface area (Å²) in [4.78, 5) is 0. The van der Waals surface area contributed by atoms with Crippen LogP contribution in [0.4, 0.5) is 0 Å². The van der Waals surface area contributed by atoms with Gasteiger partial charge in [-0.15, -0.1) is 0 Å². The predicted octanol–water partition coefficient (Wildman–Crippen LogP) is 4.71. The molecule has 2 nitrogen and oxygen atoms in total. The van der Waals surface area contributed by atoms with E-state index in [1.807, 2.05) is 19.9 Å². The Morgan fingerprint density at radius 1 is 1.27 bits per heavy atom. The van der Waals surface area contributed by atoms with Gasteiger partial charge in [0.15, 0.2) is 0 Å². The Morgan fingerprint density at radius 3 is 2.55 bits per heavy atom. The van der Waals surface area contributed by atoms with Crippen LogP contribution < -0.4 is 0 Å². The number of rotatable bonds is 6. The van der Waals surface area contributed by atoms with Gasteiger partial charge >= 0.3 is 0 Å². The molecule has 0 amide bonds. The van der Waals surface area contributed by atoms with Gasteiger partial charge in [0.25, 0.3) is 0 Å². The van der Waals surface area contributed by atoms with Crippen LogP contribution in [0.25, 0.3) is 0 Å². The maximum Gasteiger partial charge on any atom is 0.0932 e. The molecule has 1 atom stereocenters. The highest BCUT2D eigenvalue weighted by Crippen LogP contribution is 2.42. The molecule has 0 aliphatic heterocycles. The Balaban J connectivity index is 2.75. The Kier molecular flexibility index (Phi) is 7.31. The van der Waals surface area contributed by atoms with E-state index in [0.717, 1.165) is 17.6 Å². The molecule has 0 radical (unpaired) electrons. The van der Waals surface area contributed by atoms with Crippen LogP contribution in [-0.2, 0) is 0 Å². The second-order valence-corrected chi connectivity index (χ2v) is 7.08. The lowest BCUT2D eigenvalue weighted by Crippen LogP contribution is -2.20. The van der Waals surface area contributed by atoms with Gasteiger partial charge in [0.05, 0.1) is 12.7 Å². The molecule has 0 heterocycles. The summed E-state index contributed by atoms with van der Waals surface area (Å²) < 4.78 is 0. The highest BCUT2D eigenvalue weighted by Gasteiger charge is 2.27. The highest BCUT2D eigenvalue weighted by molar-refractivity contribution is 5.27. The average Bonchev–Trinajstić information content (AvgIpc) is 2.43. The second kappa shape index (κ2) is 8.50. The van der Waals surface area contributed by atoms with E-state index in [4.69, 9.17) is 5.11 Å². The van der Waals surface area contributed by atoms with Gasteiger partial charge in [0.2, 0.25) is 0 Å². The summed E-state index contributed by atoms with van der Waals surface area (Å²) in [6.45, 7) is 10.8. The van der Waals surface area contributed by atoms with E-state index in [9.17, 15) is 5.11 Å². The summed E-state index contributed by atoms with van der Waals surface area (Å²) in [5.41, 5.74) is 5.27. The van der Waals surface area contributed by atoms with E-state index in [1.165, 1.54) is 30.4 Å². The fourth-order valence-corrected chi connectivity index (χ4v) is 3.12. The molecule has 124 valence electrons. The van der Waals surface area contributed by atoms with Crippen LogP contribution >= 0.6 is 0 Å². The molecule has 2 heteroatoms. The van der Waals surface area contributed by atoms with Crippen molar-refractivity contribution in [2.45, 2.75) is 66.4 Å². The minimum Gasteiger partial charge on any atom is -0.392 e. The first-order valence-electron chi connectivity index (χ1n) is 8.27. The maximum atomic E-state index is 10.2. The number of allylic oxidation sites excluding steroid dienone is 5. The summed E-state index contributed by atoms with van der Waals surface area (Å²) in [5.74, 6) is 0. The van der Waals surface area contributed by atoms with Crippen molar-refractivity contribution in [3.63, 3.8) is 0 Å². The van der Waals surface area contributed by atoms with E-state index in [1.54, 1.807) is 12.2 Å². The summed E-state index contributed by atoms with van der Waals surface area (Å²) in [7, 11) is 0. The molecule has 0 aromatic heterocycles. The maximum absolute atomic E-state index is 10.2. The Morgan fingerprint density at radius 2 is 1.95 bits per heavy atom. The fraction of sp³-hybridized carbons (Fsp3) is 0.600. The molecule has 0 fully saturated rings. The van der Waals surface area contributed by atoms with Crippen LogP contribution in [0.2, 0.25) is 0 Å². The SMILES string of the molecule is CC1=C(C/C=C(/C)C(O)/C=C\C(C)=C/CO)C(C)(C)CCC1. The van der Waals surface area contributed by atoms with Crippen LogP contribution in [0.15, 0.2) is 46.6 Å². The first-order chi connectivity index (χ1) is 10.3. The standard InChI is InChI=1S/C20H32O2/c1-15(12-14-21)8-11-19(22)17(3)9-10-18-16(2)7-6-13-20(18,4)5/h8-9,11-12,19,21-22H,6-7,10,13-14H2,1-5H3/b11-8-,15-12-,17-9-. The van der Waals surface area contributed by atoms with Crippen molar-refractivity contribution in [3.05, 3.63) is 46.6 Å². The van der Waals surface area contributed by atoms with Gasteiger partial charge in [-0.1, -0.05) is 54.9 Å². The lowest BCUT2D eigenvalue weighted by Gasteiger charge is -2.34. The van der Waals surface area contributed by atoms with Crippen LogP contribution in [0.5, 0.6) is 0 Å². The van der Waals surface area contributed by atoms with Crippen molar-refractivity contribution in [2.24, 2.45) is 5.41 Å². The van der Waals surface area contributed by atoms with E-state index in [2.05, 4.69) is 26.8 Å². The Labute approximate surface area is 135 Å². The molecule has 0 saturated carbocycles. The van der Waals surface area contributed by atoms with Gasteiger partial charge in [0.1, 0.15) is 0 Å². The Hall–Kier alpha value is -1.12. The van der Waals surface area contributed by atoms with E-state index in [-0.39, 0.29) is 12.0 Å². The summed E-state index contributed by atoms with van der Waals surface area (Å²) in [5, 5.41) is 19.0. The van der Waals surface area contributed by atoms with E-state index >= 15 is 0 Å². The predicted molar refractivity (Wildman–Crippen MR) is 94.7 cm³/mol. The Bertz CT molecular complexity index is 490. The molecule has 2 N–H and O–H groups in total. The van der Waals surface area contributed by atoms with Crippen LogP contribution in [-0.4, -0.2) is 22.9 Å². The van der Waals surface area contributed by atoms with E-state index < -0.39 is 6.10 Å². The molecule has 1 rings (SSSR count). The second-order valence-electron chi connectivity index (χ2n) is 7.08. The third-order valence-corrected chi connectivity index (χ3v) is 4.74. The third-order valence-electron chi connectivity index (χ3n) is 4.74. The van der Waals surface area contributed by atoms with Gasteiger partial charge in [-0.2, -0.15) is 0 Å². The summed E-state index contributed by atoms with van der Waals surface area (Å²) in [6, 6.07) is 0. The summed E-state index contributed by atoms with van der Waals surface area (Å²) in [6.07, 6.45) is 11.6. The first kappa shape index (κ1) is 18.9. The van der Waals surface area contributed by atoms with Crippen molar-refractivity contribution in [3.8, 4) is 0 Å². The minimum atomic E-state index is -0.561. The van der Waals surface area contributed by atoms with Crippen LogP contribution in [0.3, 0.4) is 0 Å². The first-order valence-corrected chi connectivity index (χ1v) is 8.27. The van der Waals surface area contributed by atoms with Gasteiger partial charge in [-0.3, -0.25) is 0 Å². The molecule has 1 aliphatic rings. The molecular formula is C20H32O2. The molecule has 0 bridgehead atoms. The highest BCUT2D eigenvalue weighted by atomic mass is 16.3. The average molecular weight is 304 g/mol. The monoisotopic (exact) mass is 304 g/mol. The molecule has 0 aromatic rings. The van der Waals surface area contributed by atoms with E-state index in [0.29, 0.717) is 0 Å². The minimum absolute atomic E-state index is 0.0314. The largest absolute Gasteiger partial charge is 0.392 e. The topological polar surface area (TPSA) is 40.5 Å². The van der Waals surface area contributed by atoms with Crippen molar-refractivity contribution >= 4 is 0 Å².